The number of hydrogen-bond donors (Lipinski definition) is 3. The predicted octanol–water partition coefficient (Wildman–Crippen LogP) is 3.57. The molecular weight excluding hydrogens is 442 g/mol. The fourth-order valence-corrected chi connectivity index (χ4v) is 3.57. The number of amides is 2. The molecule has 0 saturated heterocycles. The molecule has 0 spiro atoms. The first-order chi connectivity index (χ1) is 17.0. The number of nitrogens with two attached hydrogens (primary N) is 1. The highest BCUT2D eigenvalue weighted by Crippen LogP contribution is 2.22. The van der Waals surface area contributed by atoms with E-state index in [9.17, 15) is 9.59 Å². The molecule has 0 saturated carbocycles. The van der Waals surface area contributed by atoms with Gasteiger partial charge < -0.3 is 25.7 Å². The Bertz CT molecular complexity index is 1290. The number of anilines is 1. The van der Waals surface area contributed by atoms with E-state index in [1.807, 2.05) is 42.5 Å². The van der Waals surface area contributed by atoms with Crippen LogP contribution in [-0.2, 0) is 25.0 Å². The van der Waals surface area contributed by atoms with Gasteiger partial charge in [0, 0.05) is 31.7 Å². The zero-order valence-electron chi connectivity index (χ0n) is 19.3. The average Bonchev–Trinajstić information content (AvgIpc) is 3.33. The zero-order valence-corrected chi connectivity index (χ0v) is 19.3. The lowest BCUT2D eigenvalue weighted by atomic mass is 10.1. The molecule has 4 aromatic rings. The van der Waals surface area contributed by atoms with Gasteiger partial charge in [0.05, 0.1) is 0 Å². The largest absolute Gasteiger partial charge is 0.489 e. The lowest BCUT2D eigenvalue weighted by molar-refractivity contribution is -0.118. The predicted molar refractivity (Wildman–Crippen MR) is 134 cm³/mol. The van der Waals surface area contributed by atoms with E-state index in [1.54, 1.807) is 54.2 Å². The number of nitrogens with zero attached hydrogens (tertiary/aromatic N) is 2. The van der Waals surface area contributed by atoms with E-state index in [1.165, 1.54) is 6.20 Å². The standard InChI is InChI=1S/C27H27N5O3/c1-32-15-14-29-25(32)27(34)31-24(26(33)30-22-9-5-8-20(16-22)17-28)21-10-12-23(13-11-21)35-18-19-6-3-2-4-7-19/h2-16,24H,17-18,28H2,1H3,(H,30,33)(H,31,34)/t24-/m0/s1. The van der Waals surface area contributed by atoms with Crippen molar-refractivity contribution in [1.82, 2.24) is 14.9 Å². The molecule has 4 rings (SSSR count). The number of hydrogen-bond acceptors (Lipinski definition) is 5. The smallest absolute Gasteiger partial charge is 0.288 e. The molecule has 0 unspecified atom stereocenters. The van der Waals surface area contributed by atoms with E-state index in [2.05, 4.69) is 15.6 Å². The van der Waals surface area contributed by atoms with E-state index in [0.29, 0.717) is 30.2 Å². The Morgan fingerprint density at radius 3 is 2.43 bits per heavy atom. The molecule has 4 N–H and O–H groups in total. The Kier molecular flexibility index (Phi) is 7.54. The van der Waals surface area contributed by atoms with E-state index >= 15 is 0 Å². The van der Waals surface area contributed by atoms with Crippen molar-refractivity contribution in [2.75, 3.05) is 5.32 Å². The third kappa shape index (κ3) is 6.13. The molecule has 8 heteroatoms. The summed E-state index contributed by atoms with van der Waals surface area (Å²) in [6.45, 7) is 0.783. The van der Waals surface area contributed by atoms with E-state index in [4.69, 9.17) is 10.5 Å². The molecule has 3 aromatic carbocycles. The summed E-state index contributed by atoms with van der Waals surface area (Å²) in [6, 6.07) is 23.2. The third-order valence-electron chi connectivity index (χ3n) is 5.45. The molecule has 1 heterocycles. The summed E-state index contributed by atoms with van der Waals surface area (Å²) < 4.78 is 7.44. The van der Waals surface area contributed by atoms with Crippen LogP contribution in [0.4, 0.5) is 5.69 Å². The fraction of sp³-hybridized carbons (Fsp3) is 0.148. The number of carbonyl (C=O) groups excluding carboxylic acids is 2. The molecule has 178 valence electrons. The van der Waals surface area contributed by atoms with Crippen LogP contribution in [-0.4, -0.2) is 21.4 Å². The van der Waals surface area contributed by atoms with Crippen LogP contribution in [0.25, 0.3) is 0 Å². The highest BCUT2D eigenvalue weighted by atomic mass is 16.5. The molecule has 0 aliphatic carbocycles. The molecule has 0 radical (unpaired) electrons. The van der Waals surface area contributed by atoms with Crippen LogP contribution in [0.2, 0.25) is 0 Å². The van der Waals surface area contributed by atoms with Crippen molar-refractivity contribution in [1.29, 1.82) is 0 Å². The molecule has 1 atom stereocenters. The first-order valence-corrected chi connectivity index (χ1v) is 11.2. The van der Waals surface area contributed by atoms with Gasteiger partial charge in [-0.05, 0) is 41.0 Å². The maximum atomic E-state index is 13.3. The summed E-state index contributed by atoms with van der Waals surface area (Å²) in [6.07, 6.45) is 3.20. The summed E-state index contributed by atoms with van der Waals surface area (Å²) in [7, 11) is 1.72. The van der Waals surface area contributed by atoms with E-state index < -0.39 is 11.9 Å². The number of ether oxygens (including phenoxy) is 1. The number of carbonyl (C=O) groups is 2. The summed E-state index contributed by atoms with van der Waals surface area (Å²) in [5, 5.41) is 5.68. The molecule has 0 aliphatic rings. The molecule has 8 nitrogen and oxygen atoms in total. The quantitative estimate of drug-likeness (QED) is 0.347. The van der Waals surface area contributed by atoms with Crippen molar-refractivity contribution in [3.63, 3.8) is 0 Å². The van der Waals surface area contributed by atoms with Gasteiger partial charge >= 0.3 is 0 Å². The van der Waals surface area contributed by atoms with Crippen LogP contribution in [0.1, 0.15) is 33.4 Å². The van der Waals surface area contributed by atoms with Gasteiger partial charge in [-0.2, -0.15) is 0 Å². The van der Waals surface area contributed by atoms with Crippen molar-refractivity contribution >= 4 is 17.5 Å². The molecule has 0 fully saturated rings. The van der Waals surface area contributed by atoms with Gasteiger partial charge in [-0.1, -0.05) is 54.6 Å². The highest BCUT2D eigenvalue weighted by Gasteiger charge is 2.25. The summed E-state index contributed by atoms with van der Waals surface area (Å²) in [5.74, 6) is 0.0102. The minimum atomic E-state index is -0.955. The zero-order chi connectivity index (χ0) is 24.6. The van der Waals surface area contributed by atoms with Gasteiger partial charge in [-0.3, -0.25) is 9.59 Å². The first-order valence-electron chi connectivity index (χ1n) is 11.2. The summed E-state index contributed by atoms with van der Waals surface area (Å²) in [5.41, 5.74) is 8.86. The second-order valence-corrected chi connectivity index (χ2v) is 8.01. The molecule has 1 aromatic heterocycles. The van der Waals surface area contributed by atoms with Crippen molar-refractivity contribution in [3.8, 4) is 5.75 Å². The Balaban J connectivity index is 1.53. The number of aryl methyl sites for hydroxylation is 1. The van der Waals surface area contributed by atoms with Gasteiger partial charge in [-0.25, -0.2) is 4.98 Å². The van der Waals surface area contributed by atoms with Crippen molar-refractivity contribution in [3.05, 3.63) is 114 Å². The number of nitrogens with one attached hydrogen (secondary N) is 2. The van der Waals surface area contributed by atoms with Gasteiger partial charge in [0.25, 0.3) is 11.8 Å². The van der Waals surface area contributed by atoms with Crippen molar-refractivity contribution in [2.24, 2.45) is 12.8 Å². The molecular formula is C27H27N5O3. The third-order valence-corrected chi connectivity index (χ3v) is 5.45. The maximum absolute atomic E-state index is 13.3. The molecule has 0 bridgehead atoms. The summed E-state index contributed by atoms with van der Waals surface area (Å²) in [4.78, 5) is 30.2. The van der Waals surface area contributed by atoms with Crippen LogP contribution >= 0.6 is 0 Å². The Morgan fingerprint density at radius 2 is 1.74 bits per heavy atom. The van der Waals surface area contributed by atoms with Gasteiger partial charge in [0.1, 0.15) is 18.4 Å². The van der Waals surface area contributed by atoms with E-state index in [-0.39, 0.29) is 11.7 Å². The average molecular weight is 470 g/mol. The number of imidazole rings is 1. The summed E-state index contributed by atoms with van der Waals surface area (Å²) >= 11 is 0. The van der Waals surface area contributed by atoms with Crippen LogP contribution < -0.4 is 21.1 Å². The highest BCUT2D eigenvalue weighted by molar-refractivity contribution is 6.00. The second-order valence-electron chi connectivity index (χ2n) is 8.01. The minimum Gasteiger partial charge on any atom is -0.489 e. The van der Waals surface area contributed by atoms with Gasteiger partial charge in [0.2, 0.25) is 0 Å². The van der Waals surface area contributed by atoms with Gasteiger partial charge in [-0.15, -0.1) is 0 Å². The van der Waals surface area contributed by atoms with Crippen LogP contribution in [0.5, 0.6) is 5.75 Å². The first kappa shape index (κ1) is 23.7. The van der Waals surface area contributed by atoms with Gasteiger partial charge in [0.15, 0.2) is 5.82 Å². The monoisotopic (exact) mass is 469 g/mol. The topological polar surface area (TPSA) is 111 Å². The lowest BCUT2D eigenvalue weighted by Crippen LogP contribution is -2.38. The fourth-order valence-electron chi connectivity index (χ4n) is 3.57. The SMILES string of the molecule is Cn1ccnc1C(=O)N[C@H](C(=O)Nc1cccc(CN)c1)c1ccc(OCc2ccccc2)cc1. The Morgan fingerprint density at radius 1 is 1.00 bits per heavy atom. The second kappa shape index (κ2) is 11.1. The number of benzene rings is 3. The van der Waals surface area contributed by atoms with E-state index in [0.717, 1.165) is 11.1 Å². The minimum absolute atomic E-state index is 0.204. The normalized spacial score (nSPS) is 11.5. The van der Waals surface area contributed by atoms with Crippen LogP contribution in [0.15, 0.2) is 91.3 Å². The molecule has 2 amide bonds. The maximum Gasteiger partial charge on any atom is 0.288 e. The Hall–Kier alpha value is -4.43. The number of rotatable bonds is 9. The Labute approximate surface area is 203 Å². The van der Waals surface area contributed by atoms with Crippen molar-refractivity contribution < 1.29 is 14.3 Å². The van der Waals surface area contributed by atoms with Crippen LogP contribution in [0.3, 0.4) is 0 Å². The van der Waals surface area contributed by atoms with Crippen LogP contribution in [0, 0.1) is 0 Å². The number of aromatic nitrogens is 2. The van der Waals surface area contributed by atoms with Crippen molar-refractivity contribution in [2.45, 2.75) is 19.2 Å². The lowest BCUT2D eigenvalue weighted by Gasteiger charge is -2.19. The molecule has 35 heavy (non-hydrogen) atoms. The molecule has 0 aliphatic heterocycles.